The molecule has 6 aromatic heterocycles. The third kappa shape index (κ3) is 12.0. The van der Waals surface area contributed by atoms with Gasteiger partial charge < -0.3 is 18.3 Å². The second kappa shape index (κ2) is 28.9. The largest absolute Gasteiger partial charge is 0.309 e. The van der Waals surface area contributed by atoms with Crippen LogP contribution in [0.5, 0.6) is 0 Å². The molecule has 0 unspecified atom stereocenters. The van der Waals surface area contributed by atoms with Crippen molar-refractivity contribution in [3.8, 4) is 113 Å². The van der Waals surface area contributed by atoms with Gasteiger partial charge >= 0.3 is 0 Å². The molecular formula is C110H70N10. The van der Waals surface area contributed by atoms with Crippen LogP contribution in [-0.4, -0.2) is 48.2 Å². The predicted molar refractivity (Wildman–Crippen MR) is 496 cm³/mol. The number of hydrogen-bond acceptors (Lipinski definition) is 6. The molecule has 6 heterocycles. The van der Waals surface area contributed by atoms with Gasteiger partial charge in [-0.15, -0.1) is 0 Å². The third-order valence-corrected chi connectivity index (χ3v) is 23.5. The lowest BCUT2D eigenvalue weighted by Gasteiger charge is -2.12. The zero-order chi connectivity index (χ0) is 79.1. The van der Waals surface area contributed by atoms with Crippen LogP contribution >= 0.6 is 0 Å². The van der Waals surface area contributed by atoms with Gasteiger partial charge in [0, 0.05) is 99.2 Å². The predicted octanol–water partition coefficient (Wildman–Crippen LogP) is 27.8. The van der Waals surface area contributed by atoms with Crippen LogP contribution in [0.15, 0.2) is 425 Å². The van der Waals surface area contributed by atoms with E-state index in [1.54, 1.807) is 0 Å². The molecule has 10 nitrogen and oxygen atoms in total. The first-order valence-electron chi connectivity index (χ1n) is 40.6. The average Bonchev–Trinajstić information content (AvgIpc) is 1.57. The summed E-state index contributed by atoms with van der Waals surface area (Å²) in [6, 6.07) is 150. The molecule has 0 saturated heterocycles. The number of para-hydroxylation sites is 6. The van der Waals surface area contributed by atoms with Crippen LogP contribution in [0.2, 0.25) is 0 Å². The van der Waals surface area contributed by atoms with E-state index in [9.17, 15) is 0 Å². The molecule has 0 atom stereocenters. The molecule has 18 aromatic carbocycles. The van der Waals surface area contributed by atoms with Crippen LogP contribution in [0, 0.1) is 0 Å². The van der Waals surface area contributed by atoms with Gasteiger partial charge in [0.2, 0.25) is 0 Å². The number of rotatable bonds is 12. The number of fused-ring (bicyclic) bond motifs is 16. The standard InChI is InChI=1S/2C55H35N5/c1-4-15-37(16-5-1)53-56-54(38-17-6-2-7-18-38)58-55(57-53)41-19-14-22-43(33-41)60-49-26-13-11-24-45(49)52-46-34-39(28-27-36(46)29-32-51(52)60)40-30-31-50-47(35-40)44-23-10-12-25-48(44)59(50)42-20-8-3-9-21-42;1-4-15-37(16-5-1)53-56-54(38-17-6-2-7-18-38)58-55(57-53)41-19-14-22-43(33-41)60-49-26-13-11-24-46(49)52-47-34-39(28-27-36(47)30-32-50(52)60)40-29-31-45-44-23-10-12-25-48(44)59(51(45)35-40)42-20-8-3-9-21-42/h2*1-35H. The summed E-state index contributed by atoms with van der Waals surface area (Å²) in [5.41, 5.74) is 24.1. The molecule has 0 aliphatic rings. The van der Waals surface area contributed by atoms with Crippen molar-refractivity contribution >= 4 is 109 Å². The van der Waals surface area contributed by atoms with Gasteiger partial charge in [0.1, 0.15) is 0 Å². The summed E-state index contributed by atoms with van der Waals surface area (Å²) in [6.45, 7) is 0. The minimum absolute atomic E-state index is 0.628. The van der Waals surface area contributed by atoms with Gasteiger partial charge in [-0.3, -0.25) is 0 Å². The lowest BCUT2D eigenvalue weighted by molar-refractivity contribution is 1.07. The van der Waals surface area contributed by atoms with Gasteiger partial charge in [-0.2, -0.15) is 0 Å². The molecular weight excluding hydrogens is 1460 g/mol. The van der Waals surface area contributed by atoms with Gasteiger partial charge in [-0.1, -0.05) is 309 Å². The van der Waals surface area contributed by atoms with E-state index in [-0.39, 0.29) is 0 Å². The number of nitrogens with zero attached hydrogens (tertiary/aromatic N) is 10. The average molecular weight is 1530 g/mol. The van der Waals surface area contributed by atoms with Crippen LogP contribution < -0.4 is 0 Å². The summed E-state index contributed by atoms with van der Waals surface area (Å²) in [7, 11) is 0. The van der Waals surface area contributed by atoms with Crippen LogP contribution in [0.1, 0.15) is 0 Å². The normalized spacial score (nSPS) is 11.7. The molecule has 0 aliphatic carbocycles. The Kier molecular flexibility index (Phi) is 16.7. The Morgan fingerprint density at radius 1 is 0.133 bits per heavy atom. The molecule has 0 bridgehead atoms. The molecule has 0 spiro atoms. The second-order valence-electron chi connectivity index (χ2n) is 30.5. The highest BCUT2D eigenvalue weighted by Gasteiger charge is 2.23. The van der Waals surface area contributed by atoms with Gasteiger partial charge in [-0.25, -0.2) is 29.9 Å². The summed E-state index contributed by atoms with van der Waals surface area (Å²) in [5.74, 6) is 3.83. The molecule has 0 N–H and O–H groups in total. The van der Waals surface area contributed by atoms with Gasteiger partial charge in [0.05, 0.1) is 44.1 Å². The Morgan fingerprint density at radius 3 is 0.808 bits per heavy atom. The monoisotopic (exact) mass is 1530 g/mol. The summed E-state index contributed by atoms with van der Waals surface area (Å²) in [4.78, 5) is 30.0. The zero-order valence-electron chi connectivity index (χ0n) is 64.9. The highest BCUT2D eigenvalue weighted by Crippen LogP contribution is 2.45. The Morgan fingerprint density at radius 2 is 0.392 bits per heavy atom. The highest BCUT2D eigenvalue weighted by atomic mass is 15.1. The van der Waals surface area contributed by atoms with E-state index in [0.29, 0.717) is 34.9 Å². The Labute approximate surface area is 690 Å². The van der Waals surface area contributed by atoms with E-state index in [4.69, 9.17) is 29.9 Å². The van der Waals surface area contributed by atoms with E-state index in [0.717, 1.165) is 78.2 Å². The lowest BCUT2D eigenvalue weighted by atomic mass is 9.97. The van der Waals surface area contributed by atoms with Gasteiger partial charge in [-0.05, 0) is 159 Å². The smallest absolute Gasteiger partial charge is 0.164 e. The maximum atomic E-state index is 5.05. The summed E-state index contributed by atoms with van der Waals surface area (Å²) < 4.78 is 9.51. The molecule has 560 valence electrons. The number of aromatic nitrogens is 10. The molecule has 0 aliphatic heterocycles. The molecule has 24 aromatic rings. The third-order valence-electron chi connectivity index (χ3n) is 23.5. The van der Waals surface area contributed by atoms with Crippen molar-refractivity contribution in [3.63, 3.8) is 0 Å². The maximum absolute atomic E-state index is 5.05. The first-order valence-corrected chi connectivity index (χ1v) is 40.6. The molecule has 10 heteroatoms. The van der Waals surface area contributed by atoms with Crippen LogP contribution in [0.25, 0.3) is 222 Å². The fourth-order valence-corrected chi connectivity index (χ4v) is 17.9. The van der Waals surface area contributed by atoms with Crippen molar-refractivity contribution < 1.29 is 0 Å². The molecule has 0 radical (unpaired) electrons. The minimum atomic E-state index is 0.628. The van der Waals surface area contributed by atoms with Gasteiger partial charge in [0.25, 0.3) is 0 Å². The van der Waals surface area contributed by atoms with Crippen molar-refractivity contribution in [3.05, 3.63) is 425 Å². The molecule has 0 fully saturated rings. The highest BCUT2D eigenvalue weighted by molar-refractivity contribution is 6.24. The molecule has 24 rings (SSSR count). The first-order chi connectivity index (χ1) is 59.5. The van der Waals surface area contributed by atoms with Crippen molar-refractivity contribution in [1.82, 2.24) is 48.2 Å². The summed E-state index contributed by atoms with van der Waals surface area (Å²) in [5, 5.41) is 14.7. The van der Waals surface area contributed by atoms with Crippen LogP contribution in [0.4, 0.5) is 0 Å². The summed E-state index contributed by atoms with van der Waals surface area (Å²) in [6.07, 6.45) is 0. The van der Waals surface area contributed by atoms with E-state index in [1.807, 2.05) is 121 Å². The Bertz CT molecular complexity index is 8010. The van der Waals surface area contributed by atoms with Crippen molar-refractivity contribution in [2.45, 2.75) is 0 Å². The topological polar surface area (TPSA) is 97.1 Å². The van der Waals surface area contributed by atoms with E-state index < -0.39 is 0 Å². The fourth-order valence-electron chi connectivity index (χ4n) is 17.9. The van der Waals surface area contributed by atoms with E-state index in [1.165, 1.54) is 109 Å². The lowest BCUT2D eigenvalue weighted by Crippen LogP contribution is -2.01. The minimum Gasteiger partial charge on any atom is -0.309 e. The van der Waals surface area contributed by atoms with Crippen LogP contribution in [-0.2, 0) is 0 Å². The van der Waals surface area contributed by atoms with Crippen molar-refractivity contribution in [1.29, 1.82) is 0 Å². The van der Waals surface area contributed by atoms with Crippen molar-refractivity contribution in [2.75, 3.05) is 0 Å². The van der Waals surface area contributed by atoms with Gasteiger partial charge in [0.15, 0.2) is 34.9 Å². The van der Waals surface area contributed by atoms with Crippen LogP contribution in [0.3, 0.4) is 0 Å². The summed E-state index contributed by atoms with van der Waals surface area (Å²) >= 11 is 0. The number of hydrogen-bond donors (Lipinski definition) is 0. The first kappa shape index (κ1) is 69.2. The Balaban J connectivity index is 0.000000140. The molecule has 120 heavy (non-hydrogen) atoms. The maximum Gasteiger partial charge on any atom is 0.164 e. The number of benzene rings is 18. The van der Waals surface area contributed by atoms with E-state index >= 15 is 0 Å². The Hall–Kier alpha value is -16.3. The SMILES string of the molecule is c1ccc(-c2nc(-c3ccccc3)nc(-c3cccc(-n4c5ccccc5c5c6cc(-c7ccc8c(c7)c7ccccc7n8-c7ccccc7)ccc6ccc54)c3)n2)cc1.c1ccc(-c2nc(-c3ccccc3)nc(-c3cccc(-n4c5ccccc5c5c6cc(-c7ccc8c9ccccc9n(-c9ccccc9)c8c7)ccc6ccc54)c3)n2)cc1. The quantitative estimate of drug-likeness (QED) is 0.121. The van der Waals surface area contributed by atoms with E-state index in [2.05, 4.69) is 322 Å². The fraction of sp³-hybridized carbons (Fsp3) is 0. The zero-order valence-corrected chi connectivity index (χ0v) is 64.9. The van der Waals surface area contributed by atoms with Crippen molar-refractivity contribution in [2.24, 2.45) is 0 Å². The second-order valence-corrected chi connectivity index (χ2v) is 30.5. The molecule has 0 saturated carbocycles. The molecule has 0 amide bonds.